The molecule has 3 rings (SSSR count). The molecule has 1 aromatic heterocycles. The first-order chi connectivity index (χ1) is 13.9. The zero-order valence-electron chi connectivity index (χ0n) is 16.0. The van der Waals surface area contributed by atoms with E-state index in [9.17, 15) is 14.9 Å². The fourth-order valence-electron chi connectivity index (χ4n) is 2.56. The molecule has 0 radical (unpaired) electrons. The number of carbonyl (C=O) groups is 1. The summed E-state index contributed by atoms with van der Waals surface area (Å²) in [5.41, 5.74) is 5.48. The summed E-state index contributed by atoms with van der Waals surface area (Å²) in [5.74, 6) is -0.423. The second-order valence-electron chi connectivity index (χ2n) is 6.51. The van der Waals surface area contributed by atoms with Crippen molar-refractivity contribution in [1.29, 1.82) is 0 Å². The van der Waals surface area contributed by atoms with Gasteiger partial charge in [0.25, 0.3) is 11.6 Å². The van der Waals surface area contributed by atoms with Crippen LogP contribution in [0.2, 0.25) is 0 Å². The summed E-state index contributed by atoms with van der Waals surface area (Å²) in [7, 11) is 3.92. The molecule has 29 heavy (non-hydrogen) atoms. The Morgan fingerprint density at radius 3 is 2.48 bits per heavy atom. The van der Waals surface area contributed by atoms with Crippen LogP contribution in [0.5, 0.6) is 0 Å². The first-order valence-corrected chi connectivity index (χ1v) is 8.80. The van der Waals surface area contributed by atoms with Crippen molar-refractivity contribution in [2.75, 3.05) is 19.0 Å². The molecular weight excluding hydrogens is 372 g/mol. The highest BCUT2D eigenvalue weighted by Crippen LogP contribution is 2.13. The fraction of sp³-hybridized carbons (Fsp3) is 0.150. The van der Waals surface area contributed by atoms with Crippen LogP contribution in [0, 0.1) is 10.1 Å². The Bertz CT molecular complexity index is 1020. The Balaban J connectivity index is 1.56. The first-order valence-electron chi connectivity index (χ1n) is 8.80. The number of nitrogens with one attached hydrogen (secondary N) is 1. The summed E-state index contributed by atoms with van der Waals surface area (Å²) in [6.45, 7) is 0.396. The number of anilines is 1. The van der Waals surface area contributed by atoms with Crippen LogP contribution in [0.4, 0.5) is 11.4 Å². The van der Waals surface area contributed by atoms with Crippen LogP contribution in [0.15, 0.2) is 65.9 Å². The third kappa shape index (κ3) is 5.25. The molecule has 2 aromatic carbocycles. The third-order valence-corrected chi connectivity index (χ3v) is 4.15. The maximum atomic E-state index is 12.2. The highest BCUT2D eigenvalue weighted by Gasteiger charge is 2.09. The van der Waals surface area contributed by atoms with Gasteiger partial charge < -0.3 is 4.90 Å². The number of hydrogen-bond donors (Lipinski definition) is 1. The Morgan fingerprint density at radius 1 is 1.17 bits per heavy atom. The lowest BCUT2D eigenvalue weighted by Gasteiger charge is -2.11. The molecule has 0 spiro atoms. The van der Waals surface area contributed by atoms with E-state index in [0.29, 0.717) is 6.54 Å². The van der Waals surface area contributed by atoms with E-state index in [4.69, 9.17) is 0 Å². The number of benzene rings is 2. The van der Waals surface area contributed by atoms with Gasteiger partial charge in [0.05, 0.1) is 17.7 Å². The third-order valence-electron chi connectivity index (χ3n) is 4.15. The van der Waals surface area contributed by atoms with E-state index < -0.39 is 10.8 Å². The van der Waals surface area contributed by atoms with Gasteiger partial charge in [0, 0.05) is 38.1 Å². The van der Waals surface area contributed by atoms with Crippen molar-refractivity contribution in [3.8, 4) is 0 Å². The van der Waals surface area contributed by atoms with Crippen molar-refractivity contribution < 1.29 is 9.72 Å². The topological polar surface area (TPSA) is 106 Å². The van der Waals surface area contributed by atoms with Gasteiger partial charge in [0.2, 0.25) is 0 Å². The number of nitro benzene ring substituents is 1. The highest BCUT2D eigenvalue weighted by atomic mass is 16.6. The maximum Gasteiger partial charge on any atom is 0.291 e. The number of hydrogen-bond acceptors (Lipinski definition) is 6. The Hall–Kier alpha value is -4.01. The van der Waals surface area contributed by atoms with Crippen molar-refractivity contribution in [3.63, 3.8) is 0 Å². The molecule has 9 nitrogen and oxygen atoms in total. The number of nitro groups is 1. The molecule has 1 N–H and O–H groups in total. The lowest BCUT2D eigenvalue weighted by molar-refractivity contribution is -0.384. The predicted octanol–water partition coefficient (Wildman–Crippen LogP) is 2.67. The molecule has 9 heteroatoms. The summed E-state index contributed by atoms with van der Waals surface area (Å²) in [6.07, 6.45) is 3.23. The molecule has 0 saturated heterocycles. The van der Waals surface area contributed by atoms with E-state index in [1.54, 1.807) is 35.3 Å². The molecule has 0 unspecified atom stereocenters. The number of hydrazone groups is 1. The SMILES string of the molecule is CN(C)c1ccc(/C=N\NC(=O)c2ccn(Cc3ccc([N+](=O)[O-])cc3)n2)cc1. The van der Waals surface area contributed by atoms with Crippen LogP contribution >= 0.6 is 0 Å². The molecule has 148 valence electrons. The molecule has 0 atom stereocenters. The van der Waals surface area contributed by atoms with Gasteiger partial charge in [-0.1, -0.05) is 24.3 Å². The first kappa shape index (κ1) is 19.7. The van der Waals surface area contributed by atoms with Crippen LogP contribution in [-0.2, 0) is 6.54 Å². The number of rotatable bonds is 7. The minimum atomic E-state index is -0.447. The lowest BCUT2D eigenvalue weighted by Crippen LogP contribution is -2.18. The van der Waals surface area contributed by atoms with Crippen molar-refractivity contribution in [2.24, 2.45) is 5.10 Å². The number of amides is 1. The smallest absolute Gasteiger partial charge is 0.291 e. The van der Waals surface area contributed by atoms with Crippen LogP contribution in [-0.4, -0.2) is 40.9 Å². The summed E-state index contributed by atoms with van der Waals surface area (Å²) >= 11 is 0. The molecule has 0 aliphatic heterocycles. The van der Waals surface area contributed by atoms with Crippen molar-refractivity contribution >= 4 is 23.5 Å². The summed E-state index contributed by atoms with van der Waals surface area (Å²) in [5, 5.41) is 18.9. The van der Waals surface area contributed by atoms with E-state index in [0.717, 1.165) is 16.8 Å². The largest absolute Gasteiger partial charge is 0.378 e. The van der Waals surface area contributed by atoms with Crippen LogP contribution in [0.3, 0.4) is 0 Å². The minimum absolute atomic E-state index is 0.0310. The molecule has 0 aliphatic rings. The zero-order chi connectivity index (χ0) is 20.8. The summed E-state index contributed by atoms with van der Waals surface area (Å²) in [4.78, 5) is 24.4. The highest BCUT2D eigenvalue weighted by molar-refractivity contribution is 5.93. The maximum absolute atomic E-state index is 12.2. The lowest BCUT2D eigenvalue weighted by atomic mass is 10.2. The predicted molar refractivity (Wildman–Crippen MR) is 110 cm³/mol. The van der Waals surface area contributed by atoms with Gasteiger partial charge in [0.15, 0.2) is 5.69 Å². The Morgan fingerprint density at radius 2 is 1.86 bits per heavy atom. The van der Waals surface area contributed by atoms with Gasteiger partial charge >= 0.3 is 0 Å². The fourth-order valence-corrected chi connectivity index (χ4v) is 2.56. The average molecular weight is 392 g/mol. The number of non-ortho nitro benzene ring substituents is 1. The van der Waals surface area contributed by atoms with Gasteiger partial charge in [-0.3, -0.25) is 19.6 Å². The van der Waals surface area contributed by atoms with Gasteiger partial charge in [-0.25, -0.2) is 5.43 Å². The van der Waals surface area contributed by atoms with E-state index in [2.05, 4.69) is 15.6 Å². The Labute approximate surface area is 167 Å². The minimum Gasteiger partial charge on any atom is -0.378 e. The van der Waals surface area contributed by atoms with Gasteiger partial charge in [-0.05, 0) is 29.3 Å². The molecule has 0 bridgehead atoms. The number of aromatic nitrogens is 2. The van der Waals surface area contributed by atoms with Crippen LogP contribution in [0.1, 0.15) is 21.6 Å². The zero-order valence-corrected chi connectivity index (χ0v) is 16.0. The molecule has 0 fully saturated rings. The van der Waals surface area contributed by atoms with E-state index in [1.807, 2.05) is 43.3 Å². The summed E-state index contributed by atoms with van der Waals surface area (Å²) in [6, 6.07) is 15.5. The quantitative estimate of drug-likeness (QED) is 0.378. The molecule has 1 heterocycles. The van der Waals surface area contributed by atoms with Gasteiger partial charge in [-0.2, -0.15) is 10.2 Å². The standard InChI is InChI=1S/C20H20N6O3/c1-24(2)17-7-3-15(4-8-17)13-21-22-20(27)19-11-12-25(23-19)14-16-5-9-18(10-6-16)26(28)29/h3-13H,14H2,1-2H3,(H,22,27)/b21-13-. The van der Waals surface area contributed by atoms with Crippen molar-refractivity contribution in [2.45, 2.75) is 6.54 Å². The molecule has 3 aromatic rings. The molecule has 0 aliphatic carbocycles. The Kier molecular flexibility index (Phi) is 5.98. The molecule has 1 amide bonds. The summed E-state index contributed by atoms with van der Waals surface area (Å²) < 4.78 is 1.58. The normalized spacial score (nSPS) is 10.8. The van der Waals surface area contributed by atoms with Gasteiger partial charge in [-0.15, -0.1) is 0 Å². The molecular formula is C20H20N6O3. The molecule has 0 saturated carbocycles. The van der Waals surface area contributed by atoms with Crippen LogP contribution < -0.4 is 10.3 Å². The second-order valence-corrected chi connectivity index (χ2v) is 6.51. The van der Waals surface area contributed by atoms with E-state index in [-0.39, 0.29) is 11.4 Å². The van der Waals surface area contributed by atoms with Crippen LogP contribution in [0.25, 0.3) is 0 Å². The van der Waals surface area contributed by atoms with Gasteiger partial charge in [0.1, 0.15) is 0 Å². The van der Waals surface area contributed by atoms with Crippen molar-refractivity contribution in [3.05, 3.63) is 87.7 Å². The monoisotopic (exact) mass is 392 g/mol. The van der Waals surface area contributed by atoms with E-state index >= 15 is 0 Å². The van der Waals surface area contributed by atoms with Crippen molar-refractivity contribution in [1.82, 2.24) is 15.2 Å². The number of carbonyl (C=O) groups excluding carboxylic acids is 1. The number of nitrogens with zero attached hydrogens (tertiary/aromatic N) is 5. The average Bonchev–Trinajstić information content (AvgIpc) is 3.17. The second kappa shape index (κ2) is 8.79. The van der Waals surface area contributed by atoms with E-state index in [1.165, 1.54) is 12.1 Å².